The molecule has 1 heterocycles. The average Bonchev–Trinajstić information content (AvgIpc) is 2.58. The highest BCUT2D eigenvalue weighted by atomic mass is 15.6. The van der Waals surface area contributed by atoms with Crippen LogP contribution in [0.4, 0.5) is 0 Å². The molecule has 2 aromatic rings. The van der Waals surface area contributed by atoms with E-state index in [0.717, 1.165) is 17.4 Å². The maximum atomic E-state index is 5.39. The molecule has 0 fully saturated rings. The predicted molar refractivity (Wildman–Crippen MR) is 53.0 cm³/mol. The van der Waals surface area contributed by atoms with E-state index in [1.165, 1.54) is 0 Å². The van der Waals surface area contributed by atoms with Crippen LogP contribution in [0.15, 0.2) is 30.5 Å². The molecule has 0 radical (unpaired) electrons. The van der Waals surface area contributed by atoms with Crippen LogP contribution in [0.2, 0.25) is 0 Å². The molecule has 0 saturated heterocycles. The maximum Gasteiger partial charge on any atom is 0.0918 e. The Labute approximate surface area is 76.3 Å². The quantitative estimate of drug-likeness (QED) is 0.717. The average molecular weight is 176 g/mol. The topological polar surface area (TPSA) is 55.9 Å². The molecule has 0 bridgehead atoms. The van der Waals surface area contributed by atoms with Crippen molar-refractivity contribution < 1.29 is 0 Å². The number of nitrogens with two attached hydrogens (primary N) is 1. The number of nitrogens with one attached hydrogen (secondary N) is 1. The van der Waals surface area contributed by atoms with Crippen molar-refractivity contribution in [1.82, 2.24) is 9.89 Å². The second-order valence-corrected chi connectivity index (χ2v) is 2.81. The first-order chi connectivity index (χ1) is 6.42. The lowest BCUT2D eigenvalue weighted by molar-refractivity contribution is 0.753. The van der Waals surface area contributed by atoms with Gasteiger partial charge in [0.25, 0.3) is 0 Å². The van der Waals surface area contributed by atoms with E-state index in [-0.39, 0.29) is 0 Å². The summed E-state index contributed by atoms with van der Waals surface area (Å²) in [6.45, 7) is 1.33. The number of fused-ring (bicyclic) bond motifs is 1. The fraction of sp³-hybridized carbons (Fsp3) is 0.222. The Kier molecular flexibility index (Phi) is 2.14. The molecule has 4 nitrogen and oxygen atoms in total. The smallest absolute Gasteiger partial charge is 0.0918 e. The molecule has 1 aromatic carbocycles. The zero-order valence-corrected chi connectivity index (χ0v) is 7.27. The second kappa shape index (κ2) is 3.45. The van der Waals surface area contributed by atoms with E-state index in [9.17, 15) is 0 Å². The Morgan fingerprint density at radius 2 is 2.23 bits per heavy atom. The van der Waals surface area contributed by atoms with Gasteiger partial charge in [-0.1, -0.05) is 18.2 Å². The number of aromatic nitrogens is 2. The molecule has 4 heteroatoms. The van der Waals surface area contributed by atoms with Crippen LogP contribution in [0.3, 0.4) is 0 Å². The summed E-state index contributed by atoms with van der Waals surface area (Å²) in [5.74, 6) is 0. The molecule has 1 aromatic heterocycles. The molecule has 13 heavy (non-hydrogen) atoms. The summed E-state index contributed by atoms with van der Waals surface area (Å²) in [7, 11) is 0. The van der Waals surface area contributed by atoms with E-state index in [1.54, 1.807) is 4.79 Å². The molecule has 0 unspecified atom stereocenters. The first kappa shape index (κ1) is 8.07. The van der Waals surface area contributed by atoms with Gasteiger partial charge in [-0.05, 0) is 6.07 Å². The van der Waals surface area contributed by atoms with E-state index in [4.69, 9.17) is 5.73 Å². The fourth-order valence-electron chi connectivity index (χ4n) is 1.27. The van der Waals surface area contributed by atoms with Crippen LogP contribution in [0.5, 0.6) is 0 Å². The minimum atomic E-state index is 0.605. The highest BCUT2D eigenvalue weighted by Crippen LogP contribution is 2.10. The van der Waals surface area contributed by atoms with E-state index < -0.39 is 0 Å². The molecular weight excluding hydrogens is 164 g/mol. The van der Waals surface area contributed by atoms with Gasteiger partial charge in [-0.3, -0.25) is 0 Å². The molecule has 0 atom stereocenters. The van der Waals surface area contributed by atoms with Crippen molar-refractivity contribution in [1.29, 1.82) is 0 Å². The van der Waals surface area contributed by atoms with E-state index in [0.29, 0.717) is 6.54 Å². The van der Waals surface area contributed by atoms with Crippen LogP contribution in [0.1, 0.15) is 0 Å². The van der Waals surface area contributed by atoms with Gasteiger partial charge in [-0.2, -0.15) is 9.89 Å². The summed E-state index contributed by atoms with van der Waals surface area (Å²) in [6.07, 6.45) is 1.83. The van der Waals surface area contributed by atoms with Crippen LogP contribution in [-0.2, 0) is 0 Å². The molecule has 0 amide bonds. The predicted octanol–water partition coefficient (Wildman–Crippen LogP) is 0.538. The van der Waals surface area contributed by atoms with Crippen LogP contribution in [0, 0.1) is 0 Å². The Morgan fingerprint density at radius 1 is 1.38 bits per heavy atom. The van der Waals surface area contributed by atoms with Gasteiger partial charge in [0.15, 0.2) is 0 Å². The van der Waals surface area contributed by atoms with E-state index in [2.05, 4.69) is 10.5 Å². The number of hydrogen-bond donors (Lipinski definition) is 2. The third-order valence-electron chi connectivity index (χ3n) is 1.88. The number of nitrogens with zero attached hydrogens (tertiary/aromatic N) is 2. The van der Waals surface area contributed by atoms with Crippen molar-refractivity contribution in [3.63, 3.8) is 0 Å². The van der Waals surface area contributed by atoms with Gasteiger partial charge in [0, 0.05) is 18.5 Å². The lowest BCUT2D eigenvalue weighted by Crippen LogP contribution is -2.22. The summed E-state index contributed by atoms with van der Waals surface area (Å²) in [4.78, 5) is 1.75. The lowest BCUT2D eigenvalue weighted by atomic mass is 10.3. The largest absolute Gasteiger partial charge is 0.329 e. The van der Waals surface area contributed by atoms with Gasteiger partial charge in [0.05, 0.1) is 11.7 Å². The van der Waals surface area contributed by atoms with Crippen molar-refractivity contribution in [3.05, 3.63) is 30.5 Å². The van der Waals surface area contributed by atoms with E-state index in [1.807, 2.05) is 30.5 Å². The SMILES string of the molecule is NCCNn1ncc2ccccc21. The Morgan fingerprint density at radius 3 is 3.08 bits per heavy atom. The number of para-hydroxylation sites is 1. The normalized spacial score (nSPS) is 10.5. The maximum absolute atomic E-state index is 5.39. The van der Waals surface area contributed by atoms with Gasteiger partial charge in [0.1, 0.15) is 0 Å². The summed E-state index contributed by atoms with van der Waals surface area (Å²) in [5, 5.41) is 5.31. The molecule has 68 valence electrons. The summed E-state index contributed by atoms with van der Waals surface area (Å²) in [5.41, 5.74) is 9.56. The lowest BCUT2D eigenvalue weighted by Gasteiger charge is -2.04. The molecule has 0 aliphatic rings. The molecule has 0 saturated carbocycles. The zero-order chi connectivity index (χ0) is 9.10. The van der Waals surface area contributed by atoms with Crippen LogP contribution >= 0.6 is 0 Å². The highest BCUT2D eigenvalue weighted by Gasteiger charge is 1.98. The first-order valence-corrected chi connectivity index (χ1v) is 4.28. The Bertz CT molecular complexity index is 393. The first-order valence-electron chi connectivity index (χ1n) is 4.28. The van der Waals surface area contributed by atoms with Crippen LogP contribution in [0.25, 0.3) is 10.9 Å². The van der Waals surface area contributed by atoms with Gasteiger partial charge in [-0.25, -0.2) is 0 Å². The Hall–Kier alpha value is -1.55. The minimum Gasteiger partial charge on any atom is -0.329 e. The highest BCUT2D eigenvalue weighted by molar-refractivity contribution is 5.78. The number of rotatable bonds is 3. The van der Waals surface area contributed by atoms with Gasteiger partial charge < -0.3 is 11.2 Å². The number of benzene rings is 1. The minimum absolute atomic E-state index is 0.605. The Balaban J connectivity index is 2.35. The summed E-state index contributed by atoms with van der Waals surface area (Å²) < 4.78 is 0. The molecular formula is C9H12N4. The third-order valence-corrected chi connectivity index (χ3v) is 1.88. The standard InChI is InChI=1S/C9H12N4/c10-5-6-11-13-9-4-2-1-3-8(9)7-12-13/h1-4,7,11H,5-6,10H2. The van der Waals surface area contributed by atoms with E-state index >= 15 is 0 Å². The van der Waals surface area contributed by atoms with Gasteiger partial charge in [0.2, 0.25) is 0 Å². The molecule has 3 N–H and O–H groups in total. The van der Waals surface area contributed by atoms with Crippen molar-refractivity contribution in [2.75, 3.05) is 18.5 Å². The van der Waals surface area contributed by atoms with Crippen molar-refractivity contribution in [3.8, 4) is 0 Å². The molecule has 0 spiro atoms. The fourth-order valence-corrected chi connectivity index (χ4v) is 1.27. The van der Waals surface area contributed by atoms with Crippen LogP contribution < -0.4 is 11.2 Å². The molecule has 0 aliphatic carbocycles. The van der Waals surface area contributed by atoms with Crippen molar-refractivity contribution >= 4 is 10.9 Å². The zero-order valence-electron chi connectivity index (χ0n) is 7.27. The number of hydrogen-bond acceptors (Lipinski definition) is 3. The summed E-state index contributed by atoms with van der Waals surface area (Å²) in [6, 6.07) is 8.04. The van der Waals surface area contributed by atoms with Crippen LogP contribution in [-0.4, -0.2) is 23.0 Å². The van der Waals surface area contributed by atoms with Crippen molar-refractivity contribution in [2.24, 2.45) is 5.73 Å². The monoisotopic (exact) mass is 176 g/mol. The molecule has 2 rings (SSSR count). The van der Waals surface area contributed by atoms with Gasteiger partial charge >= 0.3 is 0 Å². The van der Waals surface area contributed by atoms with Gasteiger partial charge in [-0.15, -0.1) is 0 Å². The summed E-state index contributed by atoms with van der Waals surface area (Å²) >= 11 is 0. The molecule has 0 aliphatic heterocycles. The third kappa shape index (κ3) is 1.48. The second-order valence-electron chi connectivity index (χ2n) is 2.81. The van der Waals surface area contributed by atoms with Crippen molar-refractivity contribution in [2.45, 2.75) is 0 Å².